The first-order valence-corrected chi connectivity index (χ1v) is 12.3. The van der Waals surface area contributed by atoms with E-state index in [2.05, 4.69) is 11.6 Å². The topological polar surface area (TPSA) is 106 Å². The van der Waals surface area contributed by atoms with E-state index in [0.29, 0.717) is 39.8 Å². The lowest BCUT2D eigenvalue weighted by Gasteiger charge is -2.23. The lowest BCUT2D eigenvalue weighted by Crippen LogP contribution is -2.29. The van der Waals surface area contributed by atoms with Crippen molar-refractivity contribution in [2.45, 2.75) is 19.9 Å². The Kier molecular flexibility index (Phi) is 7.47. The fourth-order valence-corrected chi connectivity index (χ4v) is 5.29. The lowest BCUT2D eigenvalue weighted by atomic mass is 9.94. The van der Waals surface area contributed by atoms with Gasteiger partial charge in [0.15, 0.2) is 5.13 Å². The number of esters is 1. The van der Waals surface area contributed by atoms with Crippen LogP contribution in [-0.4, -0.2) is 41.5 Å². The molecule has 1 amide bonds. The van der Waals surface area contributed by atoms with Gasteiger partial charge in [0.1, 0.15) is 23.0 Å². The Hall–Kier alpha value is -3.95. The molecule has 190 valence electrons. The maximum absolute atomic E-state index is 13.4. The molecule has 10 heteroatoms. The number of amides is 1. The molecular weight excluding hydrogens is 516 g/mol. The van der Waals surface area contributed by atoms with Crippen molar-refractivity contribution < 1.29 is 29.0 Å². The largest absolute Gasteiger partial charge is 0.507 e. The van der Waals surface area contributed by atoms with E-state index < -0.39 is 23.7 Å². The number of methoxy groups -OCH3 is 1. The fraction of sp³-hybridized carbons (Fsp3) is 0.185. The molecule has 0 bridgehead atoms. The number of aryl methyl sites for hydroxylation is 2. The molecular formula is C27H23ClN2O6S. The predicted molar refractivity (Wildman–Crippen MR) is 141 cm³/mol. The second kappa shape index (κ2) is 10.6. The summed E-state index contributed by atoms with van der Waals surface area (Å²) in [5, 5.41) is 11.9. The second-order valence-electron chi connectivity index (χ2n) is 8.20. The highest BCUT2D eigenvalue weighted by Crippen LogP contribution is 2.44. The first-order chi connectivity index (χ1) is 17.7. The zero-order chi connectivity index (χ0) is 26.9. The minimum atomic E-state index is -1.04. The van der Waals surface area contributed by atoms with Gasteiger partial charge in [0.05, 0.1) is 24.4 Å². The Morgan fingerprint density at radius 3 is 2.65 bits per heavy atom. The van der Waals surface area contributed by atoms with Crippen molar-refractivity contribution in [3.8, 4) is 5.75 Å². The maximum Gasteiger partial charge on any atom is 0.350 e. The van der Waals surface area contributed by atoms with Crippen LogP contribution in [0.1, 0.15) is 38.1 Å². The van der Waals surface area contributed by atoms with E-state index in [-0.39, 0.29) is 21.3 Å². The summed E-state index contributed by atoms with van der Waals surface area (Å²) >= 11 is 7.17. The normalized spacial score (nSPS) is 16.6. The number of carbonyl (C=O) groups is 3. The Morgan fingerprint density at radius 2 is 2.00 bits per heavy atom. The van der Waals surface area contributed by atoms with Gasteiger partial charge in [-0.3, -0.25) is 14.5 Å². The van der Waals surface area contributed by atoms with E-state index in [0.717, 1.165) is 11.3 Å². The summed E-state index contributed by atoms with van der Waals surface area (Å²) in [6.45, 7) is 7.30. The number of Topliss-reactive ketones (excluding diaryl/α,β-unsaturated/α-hetero) is 1. The molecule has 3 aromatic rings. The first kappa shape index (κ1) is 26.1. The highest BCUT2D eigenvalue weighted by molar-refractivity contribution is 7.17. The van der Waals surface area contributed by atoms with Crippen molar-refractivity contribution in [1.82, 2.24) is 4.98 Å². The van der Waals surface area contributed by atoms with Crippen LogP contribution in [0.4, 0.5) is 5.13 Å². The summed E-state index contributed by atoms with van der Waals surface area (Å²) in [5.41, 5.74) is 1.71. The molecule has 0 saturated carbocycles. The average molecular weight is 539 g/mol. The number of nitrogens with zero attached hydrogens (tertiary/aromatic N) is 2. The monoisotopic (exact) mass is 538 g/mol. The van der Waals surface area contributed by atoms with Crippen LogP contribution < -0.4 is 9.64 Å². The van der Waals surface area contributed by atoms with Gasteiger partial charge < -0.3 is 14.6 Å². The number of ether oxygens (including phenoxy) is 2. The summed E-state index contributed by atoms with van der Waals surface area (Å²) in [6.07, 6.45) is 1.61. The van der Waals surface area contributed by atoms with Crippen LogP contribution in [0.15, 0.2) is 60.7 Å². The van der Waals surface area contributed by atoms with Crippen molar-refractivity contribution in [2.24, 2.45) is 0 Å². The van der Waals surface area contributed by atoms with Gasteiger partial charge in [0.2, 0.25) is 0 Å². The SMILES string of the molecule is C=CCOc1ccc(C(O)=C2C(=O)C(=O)N(c3nc(C)c(C(=O)OC)s3)C2c2cccc(Cl)c2)c(C)c1. The molecule has 0 aliphatic carbocycles. The zero-order valence-corrected chi connectivity index (χ0v) is 21.9. The molecule has 1 unspecified atom stereocenters. The highest BCUT2D eigenvalue weighted by Gasteiger charge is 2.48. The van der Waals surface area contributed by atoms with Gasteiger partial charge >= 0.3 is 11.9 Å². The molecule has 37 heavy (non-hydrogen) atoms. The molecule has 2 heterocycles. The molecule has 2 aromatic carbocycles. The van der Waals surface area contributed by atoms with Gasteiger partial charge in [-0.25, -0.2) is 9.78 Å². The molecule has 1 fully saturated rings. The summed E-state index contributed by atoms with van der Waals surface area (Å²) in [7, 11) is 1.25. The molecule has 0 radical (unpaired) electrons. The van der Waals surface area contributed by atoms with E-state index in [1.54, 1.807) is 62.4 Å². The standard InChI is InChI=1S/C27H23ClN2O6S/c1-5-11-36-18-9-10-19(14(2)12-18)22(31)20-21(16-7-6-8-17(28)13-16)30(25(33)23(20)32)27-29-15(3)24(37-27)26(34)35-4/h5-10,12-13,21,31H,1,11H2,2-4H3. The van der Waals surface area contributed by atoms with Crippen LogP contribution in [0.2, 0.25) is 5.02 Å². The Balaban J connectivity index is 1.91. The van der Waals surface area contributed by atoms with Crippen molar-refractivity contribution in [3.05, 3.63) is 93.0 Å². The summed E-state index contributed by atoms with van der Waals surface area (Å²) in [5.74, 6) is -2.16. The molecule has 1 saturated heterocycles. The van der Waals surface area contributed by atoms with Crippen LogP contribution in [0.5, 0.6) is 5.75 Å². The van der Waals surface area contributed by atoms with Crippen molar-refractivity contribution in [3.63, 3.8) is 0 Å². The van der Waals surface area contributed by atoms with Gasteiger partial charge in [0.25, 0.3) is 5.78 Å². The van der Waals surface area contributed by atoms with E-state index in [9.17, 15) is 19.5 Å². The molecule has 1 N–H and O–H groups in total. The fourth-order valence-electron chi connectivity index (χ4n) is 4.08. The van der Waals surface area contributed by atoms with Gasteiger partial charge in [-0.15, -0.1) is 0 Å². The number of aromatic nitrogens is 1. The number of aliphatic hydroxyl groups excluding tert-OH is 1. The number of thiazole rings is 1. The number of carbonyl (C=O) groups excluding carboxylic acids is 3. The third kappa shape index (κ3) is 4.87. The number of rotatable bonds is 7. The number of hydrogen-bond donors (Lipinski definition) is 1. The van der Waals surface area contributed by atoms with Crippen LogP contribution in [-0.2, 0) is 14.3 Å². The van der Waals surface area contributed by atoms with Crippen LogP contribution >= 0.6 is 22.9 Å². The quantitative estimate of drug-likeness (QED) is 0.141. The summed E-state index contributed by atoms with van der Waals surface area (Å²) < 4.78 is 10.4. The predicted octanol–water partition coefficient (Wildman–Crippen LogP) is 5.39. The Morgan fingerprint density at radius 1 is 1.24 bits per heavy atom. The summed E-state index contributed by atoms with van der Waals surface area (Å²) in [4.78, 5) is 44.7. The minimum absolute atomic E-state index is 0.119. The number of hydrogen-bond acceptors (Lipinski definition) is 8. The van der Waals surface area contributed by atoms with Gasteiger partial charge in [-0.2, -0.15) is 0 Å². The number of halogens is 1. The molecule has 4 rings (SSSR count). The van der Waals surface area contributed by atoms with Crippen molar-refractivity contribution in [2.75, 3.05) is 18.6 Å². The Bertz CT molecular complexity index is 1460. The van der Waals surface area contributed by atoms with E-state index >= 15 is 0 Å². The van der Waals surface area contributed by atoms with Gasteiger partial charge in [-0.05, 0) is 55.3 Å². The first-order valence-electron chi connectivity index (χ1n) is 11.1. The second-order valence-corrected chi connectivity index (χ2v) is 9.62. The summed E-state index contributed by atoms with van der Waals surface area (Å²) in [6, 6.07) is 10.6. The van der Waals surface area contributed by atoms with E-state index in [1.807, 2.05) is 0 Å². The van der Waals surface area contributed by atoms with Crippen molar-refractivity contribution in [1.29, 1.82) is 0 Å². The van der Waals surface area contributed by atoms with Crippen LogP contribution in [0, 0.1) is 13.8 Å². The maximum atomic E-state index is 13.4. The molecule has 1 aliphatic heterocycles. The zero-order valence-electron chi connectivity index (χ0n) is 20.3. The third-order valence-electron chi connectivity index (χ3n) is 5.79. The van der Waals surface area contributed by atoms with E-state index in [1.165, 1.54) is 12.0 Å². The van der Waals surface area contributed by atoms with Crippen molar-refractivity contribution >= 4 is 51.5 Å². The highest BCUT2D eigenvalue weighted by atomic mass is 35.5. The number of benzene rings is 2. The van der Waals surface area contributed by atoms with E-state index in [4.69, 9.17) is 21.1 Å². The smallest absolute Gasteiger partial charge is 0.350 e. The van der Waals surface area contributed by atoms with Crippen LogP contribution in [0.3, 0.4) is 0 Å². The Labute approximate surface area is 222 Å². The lowest BCUT2D eigenvalue weighted by molar-refractivity contribution is -0.132. The number of anilines is 1. The average Bonchev–Trinajstić information content (AvgIpc) is 3.38. The van der Waals surface area contributed by atoms with Crippen LogP contribution in [0.25, 0.3) is 5.76 Å². The number of aliphatic hydroxyl groups is 1. The minimum Gasteiger partial charge on any atom is -0.507 e. The molecule has 1 atom stereocenters. The molecule has 1 aromatic heterocycles. The molecule has 0 spiro atoms. The molecule has 1 aliphatic rings. The molecule has 8 nitrogen and oxygen atoms in total. The van der Waals surface area contributed by atoms with Gasteiger partial charge in [0, 0.05) is 10.6 Å². The third-order valence-corrected chi connectivity index (χ3v) is 7.16. The van der Waals surface area contributed by atoms with Gasteiger partial charge in [-0.1, -0.05) is 47.7 Å². The number of ketones is 1.